The van der Waals surface area contributed by atoms with Gasteiger partial charge in [-0.05, 0) is 24.3 Å². The highest BCUT2D eigenvalue weighted by atomic mass is 32.2. The summed E-state index contributed by atoms with van der Waals surface area (Å²) >= 11 is 2.97. The van der Waals surface area contributed by atoms with Crippen LogP contribution in [0.2, 0.25) is 0 Å². The number of nitrogens with one attached hydrogen (secondary N) is 4. The van der Waals surface area contributed by atoms with Gasteiger partial charge in [-0.2, -0.15) is 0 Å². The molecule has 4 atom stereocenters. The van der Waals surface area contributed by atoms with Crippen molar-refractivity contribution in [3.8, 4) is 0 Å². The Morgan fingerprint density at radius 1 is 1.04 bits per heavy atom. The molecular formula is C33H46N6O5S2. The van der Waals surface area contributed by atoms with Gasteiger partial charge in [0.25, 0.3) is 0 Å². The molecular weight excluding hydrogens is 625 g/mol. The number of nitrogens with zero attached hydrogens (tertiary/aromatic N) is 2. The van der Waals surface area contributed by atoms with Gasteiger partial charge in [0.05, 0.1) is 30.8 Å². The number of thioether (sulfide) groups is 1. The van der Waals surface area contributed by atoms with Crippen molar-refractivity contribution in [3.05, 3.63) is 65.7 Å². The molecule has 0 spiro atoms. The molecule has 1 aliphatic rings. The van der Waals surface area contributed by atoms with Crippen molar-refractivity contribution in [2.45, 2.75) is 99.7 Å². The Morgan fingerprint density at radius 3 is 2.50 bits per heavy atom. The summed E-state index contributed by atoms with van der Waals surface area (Å²) in [6, 6.07) is 6.86. The maximum atomic E-state index is 14.0. The number of alkyl carbamates (subject to hydrolysis) is 1. The molecule has 5 N–H and O–H groups in total. The maximum absolute atomic E-state index is 14.0. The van der Waals surface area contributed by atoms with Crippen LogP contribution in [0.25, 0.3) is 0 Å². The van der Waals surface area contributed by atoms with Crippen LogP contribution >= 0.6 is 23.1 Å². The van der Waals surface area contributed by atoms with Gasteiger partial charge in [0.2, 0.25) is 11.8 Å². The average molecular weight is 671 g/mol. The van der Waals surface area contributed by atoms with Crippen LogP contribution in [0.3, 0.4) is 0 Å². The van der Waals surface area contributed by atoms with E-state index in [9.17, 15) is 19.5 Å². The van der Waals surface area contributed by atoms with Crippen molar-refractivity contribution < 1.29 is 24.2 Å². The Balaban J connectivity index is 1.49. The predicted octanol–water partition coefficient (Wildman–Crippen LogP) is 4.64. The monoisotopic (exact) mass is 670 g/mol. The van der Waals surface area contributed by atoms with E-state index in [0.29, 0.717) is 30.2 Å². The summed E-state index contributed by atoms with van der Waals surface area (Å²) in [4.78, 5) is 51.8. The van der Waals surface area contributed by atoms with Crippen molar-refractivity contribution in [3.63, 3.8) is 0 Å². The molecule has 11 nitrogen and oxygen atoms in total. The van der Waals surface area contributed by atoms with Crippen LogP contribution < -0.4 is 16.0 Å². The number of rotatable bonds is 18. The third-order valence-corrected chi connectivity index (χ3v) is 10.2. The first-order valence-electron chi connectivity index (χ1n) is 16.2. The average Bonchev–Trinajstić information content (AvgIpc) is 3.79. The largest absolute Gasteiger partial charge is 0.450 e. The molecule has 0 saturated heterocycles. The molecule has 13 heteroatoms. The van der Waals surface area contributed by atoms with Gasteiger partial charge >= 0.3 is 6.09 Å². The van der Waals surface area contributed by atoms with Crippen LogP contribution in [0.5, 0.6) is 0 Å². The van der Waals surface area contributed by atoms with E-state index < -0.39 is 42.1 Å². The number of amides is 3. The lowest BCUT2D eigenvalue weighted by Gasteiger charge is -2.31. The summed E-state index contributed by atoms with van der Waals surface area (Å²) in [5.41, 5.74) is 1.44. The number of hydrogen-bond acceptors (Lipinski definition) is 9. The number of imidazole rings is 1. The standard InChI is InChI=1S/C33H46N6O5S2/c1-2-3-15-44-32(43)39-27(18-24-12-8-5-9-13-24)30(41)38-28(19-25-20-34-22-36-25)31(42)37-26(17-23-10-6-4-7-11-23)29(40)21-46-33-35-14-16-45-33/h5,8-9,12-14,16,20,22-23,26-29,40H,2-4,6-7,10-11,15,17-19,21H2,1H3,(H,34,36)(H,37,42)(H,38,41)(H,39,43)/t26-,27-,28-,29?/m0/s1. The number of aromatic nitrogens is 3. The second-order valence-corrected chi connectivity index (χ2v) is 13.9. The molecule has 4 rings (SSSR count). The summed E-state index contributed by atoms with van der Waals surface area (Å²) in [6.07, 6.45) is 11.6. The number of aliphatic hydroxyl groups is 1. The molecule has 250 valence electrons. The van der Waals surface area contributed by atoms with E-state index in [4.69, 9.17) is 4.74 Å². The SMILES string of the molecule is CCCCOC(=O)N[C@@H](Cc1ccccc1)C(=O)N[C@@H](Cc1c[nH]cn1)C(=O)N[C@@H](CC1CCCCC1)C(O)CSc1nccs1. The van der Waals surface area contributed by atoms with Crippen LogP contribution in [-0.4, -0.2) is 74.6 Å². The van der Waals surface area contributed by atoms with E-state index in [1.807, 2.05) is 42.6 Å². The fourth-order valence-electron chi connectivity index (χ4n) is 5.58. The third kappa shape index (κ3) is 12.1. The molecule has 1 saturated carbocycles. The van der Waals surface area contributed by atoms with Crippen LogP contribution in [0.4, 0.5) is 4.79 Å². The van der Waals surface area contributed by atoms with E-state index >= 15 is 0 Å². The zero-order valence-corrected chi connectivity index (χ0v) is 28.0. The first-order valence-corrected chi connectivity index (χ1v) is 18.0. The van der Waals surface area contributed by atoms with E-state index in [-0.39, 0.29) is 19.4 Å². The number of hydrogen-bond donors (Lipinski definition) is 5. The van der Waals surface area contributed by atoms with Crippen LogP contribution in [0.15, 0.2) is 58.8 Å². The van der Waals surface area contributed by atoms with Crippen LogP contribution in [-0.2, 0) is 27.2 Å². The number of aliphatic hydroxyl groups excluding tert-OH is 1. The lowest BCUT2D eigenvalue weighted by Crippen LogP contribution is -2.57. The molecule has 1 fully saturated rings. The Hall–Kier alpha value is -3.42. The van der Waals surface area contributed by atoms with Gasteiger partial charge in [0.15, 0.2) is 0 Å². The number of thiazole rings is 1. The van der Waals surface area contributed by atoms with E-state index in [0.717, 1.165) is 42.0 Å². The Kier molecular flexibility index (Phi) is 14.9. The minimum atomic E-state index is -1.00. The van der Waals surface area contributed by atoms with Gasteiger partial charge in [-0.25, -0.2) is 14.8 Å². The zero-order valence-electron chi connectivity index (χ0n) is 26.4. The number of benzene rings is 1. The molecule has 3 amide bonds. The Labute approximate surface area is 279 Å². The van der Waals surface area contributed by atoms with Crippen molar-refractivity contribution in [1.82, 2.24) is 30.9 Å². The lowest BCUT2D eigenvalue weighted by atomic mass is 9.83. The molecule has 2 aromatic heterocycles. The summed E-state index contributed by atoms with van der Waals surface area (Å²) in [5, 5.41) is 21.9. The molecule has 3 aromatic rings. The number of aromatic amines is 1. The van der Waals surface area contributed by atoms with Crippen molar-refractivity contribution in [2.24, 2.45) is 5.92 Å². The molecule has 2 heterocycles. The number of unbranched alkanes of at least 4 members (excludes halogenated alkanes) is 1. The van der Waals surface area contributed by atoms with E-state index in [1.165, 1.54) is 35.8 Å². The van der Waals surface area contributed by atoms with Crippen LogP contribution in [0.1, 0.15) is 69.5 Å². The van der Waals surface area contributed by atoms with E-state index in [1.54, 1.807) is 12.4 Å². The van der Waals surface area contributed by atoms with Gasteiger partial charge in [-0.15, -0.1) is 11.3 Å². The van der Waals surface area contributed by atoms with Gasteiger partial charge in [0, 0.05) is 36.4 Å². The minimum Gasteiger partial charge on any atom is -0.450 e. The predicted molar refractivity (Wildman–Crippen MR) is 180 cm³/mol. The normalized spacial score (nSPS) is 16.1. The smallest absolute Gasteiger partial charge is 0.407 e. The van der Waals surface area contributed by atoms with Gasteiger partial charge in [-0.1, -0.05) is 87.5 Å². The molecule has 0 radical (unpaired) electrons. The zero-order chi connectivity index (χ0) is 32.6. The Morgan fingerprint density at radius 2 is 1.80 bits per heavy atom. The second-order valence-electron chi connectivity index (χ2n) is 11.7. The number of H-pyrrole nitrogens is 1. The van der Waals surface area contributed by atoms with E-state index in [2.05, 4.69) is 30.9 Å². The third-order valence-electron chi connectivity index (χ3n) is 8.11. The summed E-state index contributed by atoms with van der Waals surface area (Å²) in [7, 11) is 0. The molecule has 0 aliphatic heterocycles. The fraction of sp³-hybridized carbons (Fsp3) is 0.545. The van der Waals surface area contributed by atoms with Crippen molar-refractivity contribution in [2.75, 3.05) is 12.4 Å². The van der Waals surface area contributed by atoms with Crippen molar-refractivity contribution in [1.29, 1.82) is 0 Å². The molecule has 1 unspecified atom stereocenters. The topological polar surface area (TPSA) is 158 Å². The van der Waals surface area contributed by atoms with Gasteiger partial charge in [-0.3, -0.25) is 9.59 Å². The number of ether oxygens (including phenoxy) is 1. The minimum absolute atomic E-state index is 0.125. The number of carbonyl (C=O) groups is 3. The molecule has 1 aromatic carbocycles. The quantitative estimate of drug-likeness (QED) is 0.0968. The first-order chi connectivity index (χ1) is 22.4. The summed E-state index contributed by atoms with van der Waals surface area (Å²) < 4.78 is 6.14. The fourth-order valence-corrected chi connectivity index (χ4v) is 7.26. The molecule has 0 bridgehead atoms. The second kappa shape index (κ2) is 19.3. The highest BCUT2D eigenvalue weighted by molar-refractivity contribution is 8.01. The highest BCUT2D eigenvalue weighted by Gasteiger charge is 2.32. The highest BCUT2D eigenvalue weighted by Crippen LogP contribution is 2.29. The molecule has 46 heavy (non-hydrogen) atoms. The Bertz CT molecular complexity index is 1310. The summed E-state index contributed by atoms with van der Waals surface area (Å²) in [6.45, 7) is 2.24. The van der Waals surface area contributed by atoms with Crippen LogP contribution in [0, 0.1) is 5.92 Å². The van der Waals surface area contributed by atoms with Crippen molar-refractivity contribution >= 4 is 41.0 Å². The maximum Gasteiger partial charge on any atom is 0.407 e. The molecule has 1 aliphatic carbocycles. The number of carbonyl (C=O) groups excluding carboxylic acids is 3. The summed E-state index contributed by atoms with van der Waals surface area (Å²) in [5.74, 6) is -0.156. The van der Waals surface area contributed by atoms with Gasteiger partial charge in [0.1, 0.15) is 16.4 Å². The van der Waals surface area contributed by atoms with Gasteiger partial charge < -0.3 is 30.8 Å². The lowest BCUT2D eigenvalue weighted by molar-refractivity contribution is -0.130. The first kappa shape index (κ1) is 35.4.